The summed E-state index contributed by atoms with van der Waals surface area (Å²) in [6, 6.07) is 76.6. The number of rotatable bonds is 6. The summed E-state index contributed by atoms with van der Waals surface area (Å²) in [5.74, 6) is 0.910. The van der Waals surface area contributed by atoms with Gasteiger partial charge in [0, 0.05) is 32.8 Å². The molecule has 0 spiro atoms. The molecule has 56 heavy (non-hydrogen) atoms. The molecule has 0 aliphatic carbocycles. The van der Waals surface area contributed by atoms with Crippen LogP contribution in [0.2, 0.25) is 0 Å². The van der Waals surface area contributed by atoms with Gasteiger partial charge in [-0.25, -0.2) is 4.98 Å². The van der Waals surface area contributed by atoms with Crippen LogP contribution in [-0.4, -0.2) is 9.55 Å². The van der Waals surface area contributed by atoms with Gasteiger partial charge in [0.05, 0.1) is 27.9 Å². The summed E-state index contributed by atoms with van der Waals surface area (Å²) in [5.41, 5.74) is 12.7. The molecule has 0 amide bonds. The molecule has 0 fully saturated rings. The van der Waals surface area contributed by atoms with Crippen LogP contribution in [0.4, 0.5) is 22.7 Å². The van der Waals surface area contributed by atoms with E-state index in [0.717, 1.165) is 27.8 Å². The van der Waals surface area contributed by atoms with Gasteiger partial charge >= 0.3 is 0 Å². The highest BCUT2D eigenvalue weighted by Gasteiger charge is 2.39. The first-order chi connectivity index (χ1) is 27.8. The Morgan fingerprint density at radius 2 is 0.929 bits per heavy atom. The predicted molar refractivity (Wildman–Crippen MR) is 237 cm³/mol. The van der Waals surface area contributed by atoms with E-state index >= 15 is 0 Å². The monoisotopic (exact) mass is 734 g/mol. The van der Waals surface area contributed by atoms with Crippen molar-refractivity contribution in [2.75, 3.05) is 9.34 Å². The number of hydrogen-bond donors (Lipinski definition) is 0. The first-order valence-corrected chi connectivity index (χ1v) is 20.2. The molecule has 1 unspecified atom stereocenters. The molecule has 0 saturated heterocycles. The van der Waals surface area contributed by atoms with E-state index in [2.05, 4.69) is 226 Å². The van der Waals surface area contributed by atoms with Crippen LogP contribution in [0.3, 0.4) is 0 Å². The van der Waals surface area contributed by atoms with E-state index < -0.39 is 8.22 Å². The maximum Gasteiger partial charge on any atom is 0.138 e. The Labute approximate surface area is 327 Å². The molecule has 10 aromatic rings. The summed E-state index contributed by atoms with van der Waals surface area (Å²) in [7, 11) is -0.978. The summed E-state index contributed by atoms with van der Waals surface area (Å²) >= 11 is 0. The van der Waals surface area contributed by atoms with Gasteiger partial charge in [0.2, 0.25) is 0 Å². The molecule has 4 nitrogen and oxygen atoms in total. The van der Waals surface area contributed by atoms with Gasteiger partial charge in [0.1, 0.15) is 14.0 Å². The summed E-state index contributed by atoms with van der Waals surface area (Å²) in [4.78, 5) is 5.28. The molecule has 0 N–H and O–H groups in total. The van der Waals surface area contributed by atoms with Crippen molar-refractivity contribution in [3.05, 3.63) is 212 Å². The van der Waals surface area contributed by atoms with Gasteiger partial charge in [-0.1, -0.05) is 146 Å². The molecule has 0 saturated carbocycles. The molecule has 1 aliphatic heterocycles. The minimum absolute atomic E-state index is 0.910. The molecule has 0 radical (unpaired) electrons. The van der Waals surface area contributed by atoms with Gasteiger partial charge in [-0.3, -0.25) is 13.9 Å². The molecule has 2 aromatic heterocycles. The van der Waals surface area contributed by atoms with Gasteiger partial charge in [-0.2, -0.15) is 0 Å². The molecule has 5 heteroatoms. The number of pyridine rings is 1. The minimum Gasteiger partial charge on any atom is -0.297 e. The van der Waals surface area contributed by atoms with E-state index in [1.54, 1.807) is 0 Å². The zero-order chi connectivity index (χ0) is 37.0. The fraction of sp³-hybridized carbons (Fsp3) is 0. The summed E-state index contributed by atoms with van der Waals surface area (Å²) < 4.78 is 7.42. The Morgan fingerprint density at radius 3 is 1.66 bits per heavy atom. The number of hydrogen-bond acceptors (Lipinski definition) is 3. The van der Waals surface area contributed by atoms with Crippen LogP contribution in [0.1, 0.15) is 0 Å². The Hall–Kier alpha value is -7.00. The Balaban J connectivity index is 1.10. The predicted octanol–water partition coefficient (Wildman–Crippen LogP) is 13.6. The van der Waals surface area contributed by atoms with Gasteiger partial charge < -0.3 is 0 Å². The first kappa shape index (κ1) is 32.4. The standard InChI is InChI=1S/C51H35N4P/c1-5-17-36(18-6-1)44-35-51(52-46-27-15-13-25-42(44)46)53-47-28-16-14-26-43(47)45-33-37(29-31-48(45)53)38-30-32-49-50(34-38)55(40-21-9-3-10-22-40)56(41-23-11-4-12-24-41)54(49)39-19-7-2-8-20-39/h1-35H. The molecule has 11 rings (SSSR count). The Bertz CT molecular complexity index is 3040. The third-order valence-electron chi connectivity index (χ3n) is 10.8. The second kappa shape index (κ2) is 13.4. The zero-order valence-corrected chi connectivity index (χ0v) is 31.3. The van der Waals surface area contributed by atoms with Crippen molar-refractivity contribution >= 4 is 69.0 Å². The smallest absolute Gasteiger partial charge is 0.138 e. The van der Waals surface area contributed by atoms with E-state index in [1.807, 2.05) is 0 Å². The minimum atomic E-state index is -0.978. The number of fused-ring (bicyclic) bond motifs is 5. The van der Waals surface area contributed by atoms with Gasteiger partial charge in [0.15, 0.2) is 0 Å². The molecular formula is C51H35N4P. The second-order valence-electron chi connectivity index (χ2n) is 14.1. The van der Waals surface area contributed by atoms with Crippen LogP contribution in [0.25, 0.3) is 60.8 Å². The van der Waals surface area contributed by atoms with E-state index in [0.29, 0.717) is 0 Å². The maximum atomic E-state index is 5.28. The zero-order valence-electron chi connectivity index (χ0n) is 30.4. The Morgan fingerprint density at radius 1 is 0.375 bits per heavy atom. The third-order valence-corrected chi connectivity index (χ3v) is 13.2. The van der Waals surface area contributed by atoms with Crippen LogP contribution >= 0.6 is 8.22 Å². The average Bonchev–Trinajstić information content (AvgIpc) is 3.80. The van der Waals surface area contributed by atoms with Crippen LogP contribution in [0.15, 0.2) is 212 Å². The first-order valence-electron chi connectivity index (χ1n) is 19.0. The molecular weight excluding hydrogens is 700 g/mol. The van der Waals surface area contributed by atoms with Gasteiger partial charge in [-0.05, 0) is 89.0 Å². The van der Waals surface area contributed by atoms with Crippen molar-refractivity contribution < 1.29 is 0 Å². The summed E-state index contributed by atoms with van der Waals surface area (Å²) in [5, 5.41) is 4.84. The van der Waals surface area contributed by atoms with Crippen molar-refractivity contribution in [2.45, 2.75) is 0 Å². The molecule has 8 aromatic carbocycles. The summed E-state index contributed by atoms with van der Waals surface area (Å²) in [6.07, 6.45) is 0. The molecule has 3 heterocycles. The van der Waals surface area contributed by atoms with E-state index in [4.69, 9.17) is 4.98 Å². The van der Waals surface area contributed by atoms with Gasteiger partial charge in [-0.15, -0.1) is 0 Å². The second-order valence-corrected chi connectivity index (χ2v) is 16.0. The highest BCUT2D eigenvalue weighted by atomic mass is 31.1. The van der Waals surface area contributed by atoms with Crippen molar-refractivity contribution in [1.29, 1.82) is 0 Å². The lowest BCUT2D eigenvalue weighted by Crippen LogP contribution is -2.21. The SMILES string of the molecule is c1ccc(-c2cc(-n3c4ccccc4c4cc(-c5ccc6c(c5)N(c5ccccc5)P(c5ccccc5)N6c5ccccc5)ccc43)nc3ccccc23)cc1. The van der Waals surface area contributed by atoms with Crippen molar-refractivity contribution in [3.63, 3.8) is 0 Å². The molecule has 264 valence electrons. The Kier molecular flexibility index (Phi) is 7.75. The molecule has 1 aliphatic rings. The fourth-order valence-corrected chi connectivity index (χ4v) is 10.8. The highest BCUT2D eigenvalue weighted by molar-refractivity contribution is 7.70. The largest absolute Gasteiger partial charge is 0.297 e. The number of para-hydroxylation sites is 4. The van der Waals surface area contributed by atoms with Crippen LogP contribution in [-0.2, 0) is 0 Å². The quantitative estimate of drug-likeness (QED) is 0.159. The van der Waals surface area contributed by atoms with E-state index in [-0.39, 0.29) is 0 Å². The van der Waals surface area contributed by atoms with Crippen LogP contribution in [0, 0.1) is 0 Å². The topological polar surface area (TPSA) is 24.3 Å². The van der Waals surface area contributed by atoms with Crippen LogP contribution < -0.4 is 14.6 Å². The summed E-state index contributed by atoms with van der Waals surface area (Å²) in [6.45, 7) is 0. The lowest BCUT2D eigenvalue weighted by molar-refractivity contribution is 1.10. The van der Waals surface area contributed by atoms with Crippen molar-refractivity contribution in [1.82, 2.24) is 9.55 Å². The number of benzene rings is 8. The molecule has 1 atom stereocenters. The van der Waals surface area contributed by atoms with E-state index in [1.165, 1.54) is 61.1 Å². The number of aromatic nitrogens is 2. The lowest BCUT2D eigenvalue weighted by atomic mass is 10.0. The molecule has 0 bridgehead atoms. The lowest BCUT2D eigenvalue weighted by Gasteiger charge is -2.32. The average molecular weight is 735 g/mol. The van der Waals surface area contributed by atoms with Gasteiger partial charge in [0.25, 0.3) is 0 Å². The van der Waals surface area contributed by atoms with E-state index in [9.17, 15) is 0 Å². The number of nitrogens with zero attached hydrogens (tertiary/aromatic N) is 4. The van der Waals surface area contributed by atoms with Crippen LogP contribution in [0.5, 0.6) is 0 Å². The fourth-order valence-electron chi connectivity index (χ4n) is 8.30. The highest BCUT2D eigenvalue weighted by Crippen LogP contribution is 2.65. The number of anilines is 4. The van der Waals surface area contributed by atoms with Crippen molar-refractivity contribution in [2.24, 2.45) is 0 Å². The normalized spacial score (nSPS) is 13.8. The maximum absolute atomic E-state index is 5.28. The third kappa shape index (κ3) is 5.30. The van der Waals surface area contributed by atoms with Crippen molar-refractivity contribution in [3.8, 4) is 28.1 Å².